The molecule has 2 rings (SSSR count). The fraction of sp³-hybridized carbons (Fsp3) is 0.333. The van der Waals surface area contributed by atoms with Crippen LogP contribution in [0.25, 0.3) is 5.13 Å². The maximum atomic E-state index is 11.0. The maximum Gasteiger partial charge on any atom is 0.334 e. The Balaban J connectivity index is 2.64. The Bertz CT molecular complexity index is 546. The summed E-state index contributed by atoms with van der Waals surface area (Å²) in [7, 11) is 0. The Labute approximate surface area is 101 Å². The van der Waals surface area contributed by atoms with Gasteiger partial charge in [0.2, 0.25) is 10.9 Å². The number of anilines is 1. The monoisotopic (exact) mass is 253 g/mol. The number of nitrogen functional groups attached to an aromatic ring is 1. The van der Waals surface area contributed by atoms with E-state index in [1.165, 1.54) is 16.0 Å². The van der Waals surface area contributed by atoms with Gasteiger partial charge in [0.1, 0.15) is 5.69 Å². The highest BCUT2D eigenvalue weighted by molar-refractivity contribution is 7.12. The Hall–Kier alpha value is -1.96. The van der Waals surface area contributed by atoms with E-state index in [1.807, 2.05) is 13.8 Å². The first-order valence-electron chi connectivity index (χ1n) is 4.95. The molecule has 0 spiro atoms. The van der Waals surface area contributed by atoms with Gasteiger partial charge in [-0.1, -0.05) is 13.8 Å². The van der Waals surface area contributed by atoms with Gasteiger partial charge in [0, 0.05) is 17.5 Å². The molecule has 0 saturated carbocycles. The SMILES string of the molecule is CC(C)c1nn(-c2nccs2)c(N)c1[N+](=O)[O-]. The second-order valence-corrected chi connectivity index (χ2v) is 4.63. The fourth-order valence-electron chi connectivity index (χ4n) is 1.48. The summed E-state index contributed by atoms with van der Waals surface area (Å²) in [4.78, 5) is 14.5. The van der Waals surface area contributed by atoms with Crippen molar-refractivity contribution in [2.75, 3.05) is 5.73 Å². The van der Waals surface area contributed by atoms with E-state index < -0.39 is 4.92 Å². The van der Waals surface area contributed by atoms with Crippen molar-refractivity contribution in [1.82, 2.24) is 14.8 Å². The molecule has 2 heterocycles. The summed E-state index contributed by atoms with van der Waals surface area (Å²) >= 11 is 1.32. The van der Waals surface area contributed by atoms with Crippen LogP contribution in [0.15, 0.2) is 11.6 Å². The Morgan fingerprint density at radius 3 is 2.71 bits per heavy atom. The zero-order chi connectivity index (χ0) is 12.6. The molecule has 2 aromatic rings. The van der Waals surface area contributed by atoms with Crippen LogP contribution in [0.3, 0.4) is 0 Å². The molecule has 0 radical (unpaired) electrons. The highest BCUT2D eigenvalue weighted by Crippen LogP contribution is 2.33. The van der Waals surface area contributed by atoms with E-state index in [1.54, 1.807) is 11.6 Å². The van der Waals surface area contributed by atoms with Crippen LogP contribution in [-0.2, 0) is 0 Å². The number of hydrogen-bond acceptors (Lipinski definition) is 6. The van der Waals surface area contributed by atoms with E-state index in [-0.39, 0.29) is 17.4 Å². The van der Waals surface area contributed by atoms with Gasteiger partial charge in [-0.25, -0.2) is 4.98 Å². The van der Waals surface area contributed by atoms with Gasteiger partial charge < -0.3 is 5.73 Å². The number of aromatic nitrogens is 3. The van der Waals surface area contributed by atoms with Gasteiger partial charge in [-0.3, -0.25) is 10.1 Å². The lowest BCUT2D eigenvalue weighted by atomic mass is 10.1. The lowest BCUT2D eigenvalue weighted by Crippen LogP contribution is -2.02. The number of hydrogen-bond donors (Lipinski definition) is 1. The molecule has 17 heavy (non-hydrogen) atoms. The minimum atomic E-state index is -0.498. The number of rotatable bonds is 3. The number of nitro groups is 1. The van der Waals surface area contributed by atoms with Gasteiger partial charge in [-0.05, 0) is 0 Å². The van der Waals surface area contributed by atoms with Gasteiger partial charge in [-0.15, -0.1) is 11.3 Å². The summed E-state index contributed by atoms with van der Waals surface area (Å²) in [6.07, 6.45) is 1.60. The van der Waals surface area contributed by atoms with Crippen LogP contribution >= 0.6 is 11.3 Å². The summed E-state index contributed by atoms with van der Waals surface area (Å²) < 4.78 is 1.32. The van der Waals surface area contributed by atoms with Crippen LogP contribution < -0.4 is 5.73 Å². The van der Waals surface area contributed by atoms with Crippen LogP contribution in [0.1, 0.15) is 25.5 Å². The standard InChI is InChI=1S/C9H11N5O2S/c1-5(2)6-7(14(15)16)8(10)13(12-6)9-11-3-4-17-9/h3-5H,10H2,1-2H3. The third kappa shape index (κ3) is 1.86. The van der Waals surface area contributed by atoms with Crippen molar-refractivity contribution in [3.05, 3.63) is 27.4 Å². The second kappa shape index (κ2) is 4.13. The van der Waals surface area contributed by atoms with Gasteiger partial charge in [0.15, 0.2) is 0 Å². The van der Waals surface area contributed by atoms with Gasteiger partial charge in [0.25, 0.3) is 0 Å². The van der Waals surface area contributed by atoms with Gasteiger partial charge >= 0.3 is 5.69 Å². The lowest BCUT2D eigenvalue weighted by Gasteiger charge is -1.97. The molecule has 0 bridgehead atoms. The average Bonchev–Trinajstić information content (AvgIpc) is 2.83. The van der Waals surface area contributed by atoms with E-state index in [0.29, 0.717) is 10.8 Å². The van der Waals surface area contributed by atoms with Crippen molar-refractivity contribution < 1.29 is 4.92 Å². The third-order valence-corrected chi connectivity index (χ3v) is 3.00. The van der Waals surface area contributed by atoms with Crippen molar-refractivity contribution in [2.45, 2.75) is 19.8 Å². The molecular weight excluding hydrogens is 242 g/mol. The van der Waals surface area contributed by atoms with E-state index in [4.69, 9.17) is 5.73 Å². The molecular formula is C9H11N5O2S. The zero-order valence-corrected chi connectivity index (χ0v) is 10.1. The number of thiazole rings is 1. The van der Waals surface area contributed by atoms with Crippen molar-refractivity contribution in [3.8, 4) is 5.13 Å². The molecule has 0 aliphatic rings. The Kier molecular flexibility index (Phi) is 2.80. The first-order valence-corrected chi connectivity index (χ1v) is 5.83. The molecule has 90 valence electrons. The zero-order valence-electron chi connectivity index (χ0n) is 9.32. The highest BCUT2D eigenvalue weighted by atomic mass is 32.1. The lowest BCUT2D eigenvalue weighted by molar-refractivity contribution is -0.384. The average molecular weight is 253 g/mol. The quantitative estimate of drug-likeness (QED) is 0.665. The molecule has 0 aliphatic carbocycles. The molecule has 0 atom stereocenters. The largest absolute Gasteiger partial charge is 0.378 e. The van der Waals surface area contributed by atoms with Crippen molar-refractivity contribution >= 4 is 22.8 Å². The first kappa shape index (κ1) is 11.5. The molecule has 2 aromatic heterocycles. The van der Waals surface area contributed by atoms with Crippen LogP contribution in [0.4, 0.5) is 11.5 Å². The van der Waals surface area contributed by atoms with E-state index in [0.717, 1.165) is 0 Å². The Morgan fingerprint density at radius 1 is 1.59 bits per heavy atom. The summed E-state index contributed by atoms with van der Waals surface area (Å²) in [5.41, 5.74) is 6.01. The summed E-state index contributed by atoms with van der Waals surface area (Å²) in [6.45, 7) is 3.67. The predicted molar refractivity (Wildman–Crippen MR) is 64.4 cm³/mol. The smallest absolute Gasteiger partial charge is 0.334 e. The molecule has 0 aliphatic heterocycles. The molecule has 2 N–H and O–H groups in total. The molecule has 0 unspecified atom stereocenters. The van der Waals surface area contributed by atoms with Crippen LogP contribution in [-0.4, -0.2) is 19.7 Å². The van der Waals surface area contributed by atoms with Crippen LogP contribution in [0.2, 0.25) is 0 Å². The van der Waals surface area contributed by atoms with E-state index in [9.17, 15) is 10.1 Å². The molecule has 8 heteroatoms. The van der Waals surface area contributed by atoms with Crippen molar-refractivity contribution in [2.24, 2.45) is 0 Å². The molecule has 0 amide bonds. The number of nitrogens with zero attached hydrogens (tertiary/aromatic N) is 4. The van der Waals surface area contributed by atoms with E-state index >= 15 is 0 Å². The third-order valence-electron chi connectivity index (χ3n) is 2.25. The van der Waals surface area contributed by atoms with Crippen molar-refractivity contribution in [3.63, 3.8) is 0 Å². The topological polar surface area (TPSA) is 99.9 Å². The van der Waals surface area contributed by atoms with Gasteiger partial charge in [-0.2, -0.15) is 9.78 Å². The maximum absolute atomic E-state index is 11.0. The van der Waals surface area contributed by atoms with Crippen LogP contribution in [0.5, 0.6) is 0 Å². The summed E-state index contributed by atoms with van der Waals surface area (Å²) in [5, 5.41) is 17.4. The second-order valence-electron chi connectivity index (χ2n) is 3.76. The molecule has 0 aromatic carbocycles. The highest BCUT2D eigenvalue weighted by Gasteiger charge is 2.28. The molecule has 0 saturated heterocycles. The molecule has 0 fully saturated rings. The minimum absolute atomic E-state index is 0.0219. The van der Waals surface area contributed by atoms with Crippen LogP contribution in [0, 0.1) is 10.1 Å². The summed E-state index contributed by atoms with van der Waals surface area (Å²) in [5.74, 6) is -0.0486. The number of nitrogens with two attached hydrogens (primary N) is 1. The Morgan fingerprint density at radius 2 is 2.29 bits per heavy atom. The predicted octanol–water partition coefficient (Wildman–Crippen LogP) is 1.94. The normalized spacial score (nSPS) is 11.0. The minimum Gasteiger partial charge on any atom is -0.378 e. The summed E-state index contributed by atoms with van der Waals surface area (Å²) in [6, 6.07) is 0. The first-order chi connectivity index (χ1) is 8.02. The fourth-order valence-corrected chi connectivity index (χ4v) is 2.09. The van der Waals surface area contributed by atoms with E-state index in [2.05, 4.69) is 10.1 Å². The van der Waals surface area contributed by atoms with Gasteiger partial charge in [0.05, 0.1) is 4.92 Å². The molecule has 7 nitrogen and oxygen atoms in total. The van der Waals surface area contributed by atoms with Crippen molar-refractivity contribution in [1.29, 1.82) is 0 Å².